The third kappa shape index (κ3) is 1.91. The Morgan fingerprint density at radius 3 is 3.06 bits per heavy atom. The molecule has 0 atom stereocenters. The van der Waals surface area contributed by atoms with Crippen LogP contribution in [-0.4, -0.2) is 26.1 Å². The third-order valence-corrected chi connectivity index (χ3v) is 2.51. The Morgan fingerprint density at radius 2 is 2.22 bits per heavy atom. The monoisotopic (exact) mass is 239 g/mol. The number of hydrogen-bond donors (Lipinski definition) is 2. The van der Waals surface area contributed by atoms with Gasteiger partial charge in [-0.2, -0.15) is 5.10 Å². The highest BCUT2D eigenvalue weighted by atomic mass is 16.1. The summed E-state index contributed by atoms with van der Waals surface area (Å²) in [6.45, 7) is 0. The molecule has 0 radical (unpaired) electrons. The number of H-pyrrole nitrogens is 1. The van der Waals surface area contributed by atoms with Crippen molar-refractivity contribution in [1.29, 1.82) is 0 Å². The van der Waals surface area contributed by atoms with Crippen LogP contribution in [0.1, 0.15) is 10.5 Å². The van der Waals surface area contributed by atoms with Crippen LogP contribution >= 0.6 is 0 Å². The molecule has 0 saturated carbocycles. The zero-order valence-electron chi connectivity index (χ0n) is 9.29. The zero-order valence-corrected chi connectivity index (χ0v) is 9.29. The second-order valence-corrected chi connectivity index (χ2v) is 3.72. The standard InChI is InChI=1S/C12H9N5O/c18-12(10-3-4-13-7-14-10)16-9-2-1-8-6-15-17-11(8)5-9/h1-7H,(H,15,17)(H,16,18). The Labute approximate surface area is 102 Å². The minimum atomic E-state index is -0.267. The van der Waals surface area contributed by atoms with E-state index in [1.807, 2.05) is 18.2 Å². The molecule has 6 heteroatoms. The molecule has 2 heterocycles. The van der Waals surface area contributed by atoms with Crippen LogP contribution in [0.2, 0.25) is 0 Å². The number of anilines is 1. The summed E-state index contributed by atoms with van der Waals surface area (Å²) in [7, 11) is 0. The lowest BCUT2D eigenvalue weighted by Crippen LogP contribution is -2.13. The highest BCUT2D eigenvalue weighted by Crippen LogP contribution is 2.16. The van der Waals surface area contributed by atoms with Crippen molar-refractivity contribution in [2.45, 2.75) is 0 Å². The third-order valence-electron chi connectivity index (χ3n) is 2.51. The van der Waals surface area contributed by atoms with Crippen molar-refractivity contribution < 1.29 is 4.79 Å². The van der Waals surface area contributed by atoms with Crippen LogP contribution < -0.4 is 5.32 Å². The fraction of sp³-hybridized carbons (Fsp3) is 0. The summed E-state index contributed by atoms with van der Waals surface area (Å²) < 4.78 is 0. The number of fused-ring (bicyclic) bond motifs is 1. The van der Waals surface area contributed by atoms with Crippen LogP contribution in [0.5, 0.6) is 0 Å². The highest BCUT2D eigenvalue weighted by molar-refractivity contribution is 6.03. The number of rotatable bonds is 2. The largest absolute Gasteiger partial charge is 0.321 e. The van der Waals surface area contributed by atoms with Crippen LogP contribution in [0.4, 0.5) is 5.69 Å². The molecular formula is C12H9N5O. The summed E-state index contributed by atoms with van der Waals surface area (Å²) in [6, 6.07) is 7.08. The van der Waals surface area contributed by atoms with Crippen molar-refractivity contribution in [3.05, 3.63) is 48.7 Å². The second-order valence-electron chi connectivity index (χ2n) is 3.72. The molecule has 6 nitrogen and oxygen atoms in total. The first-order chi connectivity index (χ1) is 8.83. The van der Waals surface area contributed by atoms with E-state index in [4.69, 9.17) is 0 Å². The molecule has 3 aromatic rings. The molecule has 0 aliphatic heterocycles. The molecule has 0 saturated heterocycles. The van der Waals surface area contributed by atoms with Gasteiger partial charge in [0.1, 0.15) is 12.0 Å². The topological polar surface area (TPSA) is 83.6 Å². The average Bonchev–Trinajstić information content (AvgIpc) is 2.87. The maximum absolute atomic E-state index is 11.9. The number of amides is 1. The number of nitrogens with zero attached hydrogens (tertiary/aromatic N) is 3. The first-order valence-electron chi connectivity index (χ1n) is 5.33. The van der Waals surface area contributed by atoms with E-state index in [1.54, 1.807) is 12.3 Å². The van der Waals surface area contributed by atoms with Gasteiger partial charge in [-0.05, 0) is 24.3 Å². The van der Waals surface area contributed by atoms with Gasteiger partial charge in [-0.3, -0.25) is 9.89 Å². The number of nitrogens with one attached hydrogen (secondary N) is 2. The van der Waals surface area contributed by atoms with Gasteiger partial charge in [0.25, 0.3) is 5.91 Å². The average molecular weight is 239 g/mol. The summed E-state index contributed by atoms with van der Waals surface area (Å²) in [5, 5.41) is 10.5. The lowest BCUT2D eigenvalue weighted by molar-refractivity contribution is 0.102. The first kappa shape index (κ1) is 10.4. The van der Waals surface area contributed by atoms with Crippen molar-refractivity contribution in [2.24, 2.45) is 0 Å². The van der Waals surface area contributed by atoms with Gasteiger partial charge in [0.2, 0.25) is 0 Å². The molecule has 18 heavy (non-hydrogen) atoms. The highest BCUT2D eigenvalue weighted by Gasteiger charge is 2.07. The predicted octanol–water partition coefficient (Wildman–Crippen LogP) is 1.61. The van der Waals surface area contributed by atoms with Crippen LogP contribution in [0, 0.1) is 0 Å². The van der Waals surface area contributed by atoms with Crippen molar-refractivity contribution in [3.8, 4) is 0 Å². The summed E-state index contributed by atoms with van der Waals surface area (Å²) in [6.07, 6.45) is 4.60. The lowest BCUT2D eigenvalue weighted by Gasteiger charge is -2.04. The SMILES string of the molecule is O=C(Nc1ccc2cn[nH]c2c1)c1ccncn1. The molecule has 0 aliphatic rings. The smallest absolute Gasteiger partial charge is 0.274 e. The van der Waals surface area contributed by atoms with Crippen LogP contribution in [0.25, 0.3) is 10.9 Å². The number of carbonyl (C=O) groups is 1. The zero-order chi connectivity index (χ0) is 12.4. The normalized spacial score (nSPS) is 10.4. The summed E-state index contributed by atoms with van der Waals surface area (Å²) in [5.41, 5.74) is 1.89. The van der Waals surface area contributed by atoms with E-state index in [0.29, 0.717) is 11.4 Å². The van der Waals surface area contributed by atoms with E-state index < -0.39 is 0 Å². The fourth-order valence-electron chi connectivity index (χ4n) is 1.63. The van der Waals surface area contributed by atoms with Gasteiger partial charge in [0, 0.05) is 17.3 Å². The molecule has 2 aromatic heterocycles. The second kappa shape index (κ2) is 4.25. The molecule has 0 bridgehead atoms. The minimum Gasteiger partial charge on any atom is -0.321 e. The van der Waals surface area contributed by atoms with Gasteiger partial charge in [0.05, 0.1) is 11.7 Å². The van der Waals surface area contributed by atoms with Crippen molar-refractivity contribution in [3.63, 3.8) is 0 Å². The van der Waals surface area contributed by atoms with Crippen molar-refractivity contribution >= 4 is 22.5 Å². The lowest BCUT2D eigenvalue weighted by atomic mass is 10.2. The maximum Gasteiger partial charge on any atom is 0.274 e. The summed E-state index contributed by atoms with van der Waals surface area (Å²) >= 11 is 0. The Balaban J connectivity index is 1.86. The molecular weight excluding hydrogens is 230 g/mol. The number of hydrogen-bond acceptors (Lipinski definition) is 4. The Kier molecular flexibility index (Phi) is 2.45. The molecule has 0 unspecified atom stereocenters. The van der Waals surface area contributed by atoms with Crippen LogP contribution in [0.3, 0.4) is 0 Å². The van der Waals surface area contributed by atoms with E-state index in [1.165, 1.54) is 12.5 Å². The van der Waals surface area contributed by atoms with E-state index in [0.717, 1.165) is 10.9 Å². The van der Waals surface area contributed by atoms with E-state index >= 15 is 0 Å². The van der Waals surface area contributed by atoms with Gasteiger partial charge in [0.15, 0.2) is 0 Å². The summed E-state index contributed by atoms with van der Waals surface area (Å²) in [5.74, 6) is -0.267. The molecule has 1 amide bonds. The van der Waals surface area contributed by atoms with Gasteiger partial charge < -0.3 is 5.32 Å². The van der Waals surface area contributed by atoms with E-state index in [9.17, 15) is 4.79 Å². The van der Waals surface area contributed by atoms with Gasteiger partial charge in [-0.15, -0.1) is 0 Å². The van der Waals surface area contributed by atoms with Crippen LogP contribution in [-0.2, 0) is 0 Å². The first-order valence-corrected chi connectivity index (χ1v) is 5.33. The molecule has 88 valence electrons. The van der Waals surface area contributed by atoms with Gasteiger partial charge >= 0.3 is 0 Å². The van der Waals surface area contributed by atoms with Crippen molar-refractivity contribution in [1.82, 2.24) is 20.2 Å². The van der Waals surface area contributed by atoms with Gasteiger partial charge in [-0.25, -0.2) is 9.97 Å². The number of aromatic nitrogens is 4. The molecule has 0 aliphatic carbocycles. The van der Waals surface area contributed by atoms with E-state index in [2.05, 4.69) is 25.5 Å². The minimum absolute atomic E-state index is 0.267. The Bertz CT molecular complexity index is 692. The molecule has 1 aromatic carbocycles. The maximum atomic E-state index is 11.9. The molecule has 0 fully saturated rings. The predicted molar refractivity (Wildman–Crippen MR) is 66.1 cm³/mol. The quantitative estimate of drug-likeness (QED) is 0.711. The number of aromatic amines is 1. The Hall–Kier alpha value is -2.76. The number of benzene rings is 1. The molecule has 2 N–H and O–H groups in total. The van der Waals surface area contributed by atoms with Crippen LogP contribution in [0.15, 0.2) is 43.0 Å². The molecule has 0 spiro atoms. The molecule has 3 rings (SSSR count). The number of carbonyl (C=O) groups excluding carboxylic acids is 1. The van der Waals surface area contributed by atoms with Gasteiger partial charge in [-0.1, -0.05) is 0 Å². The van der Waals surface area contributed by atoms with Crippen molar-refractivity contribution in [2.75, 3.05) is 5.32 Å². The van der Waals surface area contributed by atoms with E-state index in [-0.39, 0.29) is 5.91 Å². The fourth-order valence-corrected chi connectivity index (χ4v) is 1.63. The Morgan fingerprint density at radius 1 is 1.28 bits per heavy atom. The summed E-state index contributed by atoms with van der Waals surface area (Å²) in [4.78, 5) is 19.5.